The zero-order valence-electron chi connectivity index (χ0n) is 14.9. The average molecular weight is 366 g/mol. The summed E-state index contributed by atoms with van der Waals surface area (Å²) in [6, 6.07) is 6.07. The Morgan fingerprint density at radius 3 is 2.40 bits per heavy atom. The minimum atomic E-state index is -3.59. The molecule has 2 fully saturated rings. The lowest BCUT2D eigenvalue weighted by molar-refractivity contribution is -0.122. The molecule has 2 saturated carbocycles. The Morgan fingerprint density at radius 2 is 1.92 bits per heavy atom. The Morgan fingerprint density at radius 1 is 1.24 bits per heavy atom. The smallest absolute Gasteiger partial charge is 0.243 e. The molecule has 0 spiro atoms. The van der Waals surface area contributed by atoms with Crippen LogP contribution in [0.15, 0.2) is 24.3 Å². The van der Waals surface area contributed by atoms with Gasteiger partial charge in [0, 0.05) is 6.04 Å². The summed E-state index contributed by atoms with van der Waals surface area (Å²) in [5.41, 5.74) is 0.457. The van der Waals surface area contributed by atoms with Crippen molar-refractivity contribution in [2.45, 2.75) is 44.7 Å². The SMILES string of the molecule is COc1ccc(N(C(C)C(=O)NC2CC3CCC2C3)S(C)(=O)=O)cc1. The van der Waals surface area contributed by atoms with Crippen LogP contribution in [-0.2, 0) is 14.8 Å². The summed E-state index contributed by atoms with van der Waals surface area (Å²) in [5.74, 6) is 1.67. The molecule has 0 aromatic heterocycles. The standard InChI is InChI=1S/C18H26N2O4S/c1-12(18(21)19-17-11-13-4-5-14(17)10-13)20(25(3,22)23)15-6-8-16(24-2)9-7-15/h6-9,12-14,17H,4-5,10-11H2,1-3H3,(H,19,21). The number of nitrogens with zero attached hydrogens (tertiary/aromatic N) is 1. The van der Waals surface area contributed by atoms with Gasteiger partial charge in [-0.05, 0) is 62.3 Å². The molecule has 1 aromatic carbocycles. The number of rotatable bonds is 6. The first-order valence-corrected chi connectivity index (χ1v) is 10.6. The van der Waals surface area contributed by atoms with Crippen LogP contribution in [0.25, 0.3) is 0 Å². The monoisotopic (exact) mass is 366 g/mol. The van der Waals surface area contributed by atoms with Crippen molar-refractivity contribution in [2.24, 2.45) is 11.8 Å². The van der Waals surface area contributed by atoms with Crippen LogP contribution in [0.4, 0.5) is 5.69 Å². The van der Waals surface area contributed by atoms with Gasteiger partial charge in [0.25, 0.3) is 0 Å². The molecule has 1 N–H and O–H groups in total. The number of anilines is 1. The highest BCUT2D eigenvalue weighted by molar-refractivity contribution is 7.92. The average Bonchev–Trinajstić information content (AvgIpc) is 3.17. The van der Waals surface area contributed by atoms with Crippen molar-refractivity contribution in [1.29, 1.82) is 0 Å². The van der Waals surface area contributed by atoms with Crippen LogP contribution in [0.1, 0.15) is 32.6 Å². The van der Waals surface area contributed by atoms with Crippen molar-refractivity contribution < 1.29 is 17.9 Å². The number of carbonyl (C=O) groups excluding carboxylic acids is 1. The number of benzene rings is 1. The second kappa shape index (κ2) is 6.86. The van der Waals surface area contributed by atoms with Crippen molar-refractivity contribution in [3.63, 3.8) is 0 Å². The largest absolute Gasteiger partial charge is 0.497 e. The number of ether oxygens (including phenoxy) is 1. The minimum Gasteiger partial charge on any atom is -0.497 e. The summed E-state index contributed by atoms with van der Waals surface area (Å²) >= 11 is 0. The fraction of sp³-hybridized carbons (Fsp3) is 0.611. The number of hydrogen-bond acceptors (Lipinski definition) is 4. The van der Waals surface area contributed by atoms with Crippen LogP contribution in [-0.4, -0.2) is 39.8 Å². The highest BCUT2D eigenvalue weighted by atomic mass is 32.2. The molecular formula is C18H26N2O4S. The Hall–Kier alpha value is -1.76. The zero-order chi connectivity index (χ0) is 18.2. The number of hydrogen-bond donors (Lipinski definition) is 1. The third-order valence-corrected chi connectivity index (χ3v) is 6.72. The van der Waals surface area contributed by atoms with E-state index in [9.17, 15) is 13.2 Å². The Kier molecular flexibility index (Phi) is 4.95. The van der Waals surface area contributed by atoms with Gasteiger partial charge in [-0.2, -0.15) is 0 Å². The second-order valence-electron chi connectivity index (χ2n) is 7.22. The molecule has 0 aliphatic heterocycles. The molecule has 1 aromatic rings. The number of carbonyl (C=O) groups is 1. The number of amides is 1. The molecular weight excluding hydrogens is 340 g/mol. The lowest BCUT2D eigenvalue weighted by atomic mass is 9.95. The van der Waals surface area contributed by atoms with E-state index in [2.05, 4.69) is 5.32 Å². The minimum absolute atomic E-state index is 0.186. The van der Waals surface area contributed by atoms with E-state index in [1.807, 2.05) is 0 Å². The fourth-order valence-corrected chi connectivity index (χ4v) is 5.44. The molecule has 3 rings (SSSR count). The maximum absolute atomic E-state index is 12.7. The van der Waals surface area contributed by atoms with Gasteiger partial charge in [-0.3, -0.25) is 9.10 Å². The summed E-state index contributed by atoms with van der Waals surface area (Å²) in [7, 11) is -2.04. The molecule has 2 aliphatic carbocycles. The van der Waals surface area contributed by atoms with Gasteiger partial charge in [0.05, 0.1) is 19.1 Å². The lowest BCUT2D eigenvalue weighted by Crippen LogP contribution is -2.51. The summed E-state index contributed by atoms with van der Waals surface area (Å²) in [6.45, 7) is 1.63. The molecule has 0 heterocycles. The normalized spacial score (nSPS) is 26.3. The maximum Gasteiger partial charge on any atom is 0.243 e. The highest BCUT2D eigenvalue weighted by Gasteiger charge is 2.41. The Bertz CT molecular complexity index is 732. The van der Waals surface area contributed by atoms with Crippen LogP contribution < -0.4 is 14.4 Å². The van der Waals surface area contributed by atoms with E-state index < -0.39 is 16.1 Å². The van der Waals surface area contributed by atoms with E-state index in [1.165, 1.54) is 17.1 Å². The summed E-state index contributed by atoms with van der Waals surface area (Å²) < 4.78 is 30.9. The quantitative estimate of drug-likeness (QED) is 0.837. The van der Waals surface area contributed by atoms with Crippen molar-refractivity contribution in [2.75, 3.05) is 17.7 Å². The van der Waals surface area contributed by atoms with Gasteiger partial charge in [-0.25, -0.2) is 8.42 Å². The van der Waals surface area contributed by atoms with Gasteiger partial charge >= 0.3 is 0 Å². The van der Waals surface area contributed by atoms with Crippen molar-refractivity contribution >= 4 is 21.6 Å². The first-order valence-electron chi connectivity index (χ1n) is 8.73. The van der Waals surface area contributed by atoms with Crippen molar-refractivity contribution in [3.05, 3.63) is 24.3 Å². The van der Waals surface area contributed by atoms with E-state index in [4.69, 9.17) is 4.74 Å². The molecule has 2 bridgehead atoms. The predicted molar refractivity (Wildman–Crippen MR) is 97.2 cm³/mol. The van der Waals surface area contributed by atoms with E-state index >= 15 is 0 Å². The molecule has 0 saturated heterocycles. The van der Waals surface area contributed by atoms with Gasteiger partial charge in [0.15, 0.2) is 0 Å². The third-order valence-electron chi connectivity index (χ3n) is 5.48. The molecule has 25 heavy (non-hydrogen) atoms. The zero-order valence-corrected chi connectivity index (χ0v) is 15.8. The molecule has 4 atom stereocenters. The molecule has 2 aliphatic rings. The molecule has 1 amide bonds. The summed E-state index contributed by atoms with van der Waals surface area (Å²) in [4.78, 5) is 12.7. The number of fused-ring (bicyclic) bond motifs is 2. The topological polar surface area (TPSA) is 75.7 Å². The summed E-state index contributed by atoms with van der Waals surface area (Å²) in [6.07, 6.45) is 5.75. The molecule has 0 radical (unpaired) electrons. The van der Waals surface area contributed by atoms with Gasteiger partial charge in [-0.1, -0.05) is 6.42 Å². The number of sulfonamides is 1. The number of nitrogens with one attached hydrogen (secondary N) is 1. The highest BCUT2D eigenvalue weighted by Crippen LogP contribution is 2.44. The Labute approximate surface area is 149 Å². The van der Waals surface area contributed by atoms with E-state index in [0.29, 0.717) is 17.4 Å². The molecule has 138 valence electrons. The van der Waals surface area contributed by atoms with Gasteiger partial charge in [0.2, 0.25) is 15.9 Å². The van der Waals surface area contributed by atoms with Gasteiger partial charge in [-0.15, -0.1) is 0 Å². The van der Waals surface area contributed by atoms with E-state index in [1.54, 1.807) is 38.3 Å². The van der Waals surface area contributed by atoms with Crippen molar-refractivity contribution in [3.8, 4) is 5.75 Å². The Balaban J connectivity index is 1.76. The lowest BCUT2D eigenvalue weighted by Gasteiger charge is -2.31. The molecule has 4 unspecified atom stereocenters. The first kappa shape index (κ1) is 18.0. The van der Waals surface area contributed by atoms with Crippen LogP contribution in [0.5, 0.6) is 5.75 Å². The molecule has 6 nitrogen and oxygen atoms in total. The predicted octanol–water partition coefficient (Wildman–Crippen LogP) is 2.15. The van der Waals surface area contributed by atoms with Gasteiger partial charge < -0.3 is 10.1 Å². The first-order chi connectivity index (χ1) is 11.8. The van der Waals surface area contributed by atoms with Gasteiger partial charge in [0.1, 0.15) is 11.8 Å². The van der Waals surface area contributed by atoms with Crippen molar-refractivity contribution in [1.82, 2.24) is 5.32 Å². The van der Waals surface area contributed by atoms with Crippen LogP contribution in [0.2, 0.25) is 0 Å². The van der Waals surface area contributed by atoms with E-state index in [-0.39, 0.29) is 11.9 Å². The molecule has 7 heteroatoms. The van der Waals surface area contributed by atoms with Crippen LogP contribution in [0, 0.1) is 11.8 Å². The maximum atomic E-state index is 12.7. The number of methoxy groups -OCH3 is 1. The summed E-state index contributed by atoms with van der Waals surface area (Å²) in [5, 5.41) is 3.09. The third kappa shape index (κ3) is 3.76. The van der Waals surface area contributed by atoms with E-state index in [0.717, 1.165) is 25.0 Å². The fourth-order valence-electron chi connectivity index (χ4n) is 4.26. The second-order valence-corrected chi connectivity index (χ2v) is 9.08. The van der Waals surface area contributed by atoms with Crippen LogP contribution in [0.3, 0.4) is 0 Å². The van der Waals surface area contributed by atoms with Crippen LogP contribution >= 0.6 is 0 Å².